The maximum Gasteiger partial charge on any atom is 0.254 e. The normalized spacial score (nSPS) is 19.9. The molecule has 98 valence electrons. The highest BCUT2D eigenvalue weighted by Gasteiger charge is 2.25. The minimum atomic E-state index is 0.0739. The number of piperidine rings is 1. The van der Waals surface area contributed by atoms with Crippen LogP contribution in [0.15, 0.2) is 18.2 Å². The number of benzene rings is 1. The fourth-order valence-electron chi connectivity index (χ4n) is 2.38. The van der Waals surface area contributed by atoms with Gasteiger partial charge < -0.3 is 4.90 Å². The Bertz CT molecular complexity index is 447. The highest BCUT2D eigenvalue weighted by Crippen LogP contribution is 2.23. The second kappa shape index (κ2) is 5.94. The summed E-state index contributed by atoms with van der Waals surface area (Å²) < 4.78 is 0. The van der Waals surface area contributed by atoms with Crippen LogP contribution in [0.5, 0.6) is 0 Å². The lowest BCUT2D eigenvalue weighted by atomic mass is 9.98. The van der Waals surface area contributed by atoms with Crippen LogP contribution in [0.3, 0.4) is 0 Å². The first-order valence-corrected chi connectivity index (χ1v) is 7.15. The largest absolute Gasteiger partial charge is 0.338 e. The van der Waals surface area contributed by atoms with Crippen LogP contribution in [-0.4, -0.2) is 29.8 Å². The summed E-state index contributed by atoms with van der Waals surface area (Å²) in [7, 11) is 0. The maximum atomic E-state index is 12.5. The van der Waals surface area contributed by atoms with Crippen molar-refractivity contribution in [3.8, 4) is 0 Å². The molecule has 0 N–H and O–H groups in total. The van der Waals surface area contributed by atoms with Gasteiger partial charge in [-0.3, -0.25) is 4.79 Å². The molecular weight excluding hydrogens is 269 g/mol. The Kier molecular flexibility index (Phi) is 4.52. The number of carbonyl (C=O) groups is 1. The van der Waals surface area contributed by atoms with Gasteiger partial charge in [-0.2, -0.15) is 0 Å². The van der Waals surface area contributed by atoms with Gasteiger partial charge in [-0.25, -0.2) is 0 Å². The number of hydrogen-bond donors (Lipinski definition) is 0. The number of nitrogens with zero attached hydrogens (tertiary/aromatic N) is 1. The molecule has 18 heavy (non-hydrogen) atoms. The minimum Gasteiger partial charge on any atom is -0.338 e. The SMILES string of the molecule is Cc1c(Cl)cccc1C(=O)N1CCCC(CCl)C1. The number of halogens is 2. The lowest BCUT2D eigenvalue weighted by Gasteiger charge is -2.32. The van der Waals surface area contributed by atoms with Gasteiger partial charge in [0.05, 0.1) is 0 Å². The van der Waals surface area contributed by atoms with Crippen molar-refractivity contribution in [3.05, 3.63) is 34.3 Å². The Morgan fingerprint density at radius 3 is 3.00 bits per heavy atom. The molecule has 2 nitrogen and oxygen atoms in total. The van der Waals surface area contributed by atoms with Gasteiger partial charge in [0.25, 0.3) is 5.91 Å². The summed E-state index contributed by atoms with van der Waals surface area (Å²) in [5, 5.41) is 0.645. The molecule has 0 bridgehead atoms. The van der Waals surface area contributed by atoms with Gasteiger partial charge in [-0.1, -0.05) is 17.7 Å². The van der Waals surface area contributed by atoms with Crippen molar-refractivity contribution in [3.63, 3.8) is 0 Å². The average molecular weight is 286 g/mol. The van der Waals surface area contributed by atoms with E-state index in [4.69, 9.17) is 23.2 Å². The van der Waals surface area contributed by atoms with Crippen LogP contribution in [0.4, 0.5) is 0 Å². The highest BCUT2D eigenvalue weighted by molar-refractivity contribution is 6.31. The average Bonchev–Trinajstić information content (AvgIpc) is 2.41. The van der Waals surface area contributed by atoms with Gasteiger partial charge in [-0.05, 0) is 43.4 Å². The lowest BCUT2D eigenvalue weighted by Crippen LogP contribution is -2.40. The highest BCUT2D eigenvalue weighted by atomic mass is 35.5. The van der Waals surface area contributed by atoms with Gasteiger partial charge in [-0.15, -0.1) is 11.6 Å². The molecule has 2 rings (SSSR count). The van der Waals surface area contributed by atoms with E-state index < -0.39 is 0 Å². The van der Waals surface area contributed by atoms with Crippen molar-refractivity contribution >= 4 is 29.1 Å². The van der Waals surface area contributed by atoms with E-state index in [1.165, 1.54) is 0 Å². The molecule has 1 aliphatic heterocycles. The lowest BCUT2D eigenvalue weighted by molar-refractivity contribution is 0.0684. The zero-order valence-corrected chi connectivity index (χ0v) is 12.0. The van der Waals surface area contributed by atoms with Crippen molar-refractivity contribution in [1.82, 2.24) is 4.90 Å². The summed E-state index contributed by atoms with van der Waals surface area (Å²) in [5.41, 5.74) is 1.56. The Labute approximate surface area is 118 Å². The van der Waals surface area contributed by atoms with Gasteiger partial charge in [0.1, 0.15) is 0 Å². The summed E-state index contributed by atoms with van der Waals surface area (Å²) in [6, 6.07) is 5.48. The molecule has 1 aromatic rings. The van der Waals surface area contributed by atoms with Crippen LogP contribution in [-0.2, 0) is 0 Å². The summed E-state index contributed by atoms with van der Waals surface area (Å²) in [4.78, 5) is 14.4. The summed E-state index contributed by atoms with van der Waals surface area (Å²) in [6.45, 7) is 3.46. The fraction of sp³-hybridized carbons (Fsp3) is 0.500. The molecule has 1 amide bonds. The van der Waals surface area contributed by atoms with Crippen molar-refractivity contribution in [2.24, 2.45) is 5.92 Å². The quantitative estimate of drug-likeness (QED) is 0.758. The molecule has 0 aromatic heterocycles. The smallest absolute Gasteiger partial charge is 0.254 e. The van der Waals surface area contributed by atoms with E-state index in [-0.39, 0.29) is 5.91 Å². The molecule has 1 saturated heterocycles. The Balaban J connectivity index is 2.18. The first-order chi connectivity index (χ1) is 8.63. The Morgan fingerprint density at radius 1 is 1.50 bits per heavy atom. The molecule has 1 unspecified atom stereocenters. The number of rotatable bonds is 2. The molecule has 1 aromatic carbocycles. The zero-order chi connectivity index (χ0) is 13.1. The molecule has 1 heterocycles. The van der Waals surface area contributed by atoms with Gasteiger partial charge in [0.2, 0.25) is 0 Å². The van der Waals surface area contributed by atoms with E-state index in [2.05, 4.69) is 0 Å². The second-order valence-electron chi connectivity index (χ2n) is 4.83. The summed E-state index contributed by atoms with van der Waals surface area (Å²) in [6.07, 6.45) is 2.14. The third-order valence-corrected chi connectivity index (χ3v) is 4.37. The third-order valence-electron chi connectivity index (χ3n) is 3.52. The van der Waals surface area contributed by atoms with Crippen LogP contribution < -0.4 is 0 Å². The van der Waals surface area contributed by atoms with E-state index in [9.17, 15) is 4.79 Å². The monoisotopic (exact) mass is 285 g/mol. The van der Waals surface area contributed by atoms with E-state index in [0.717, 1.165) is 31.5 Å². The molecule has 0 radical (unpaired) electrons. The molecule has 0 spiro atoms. The molecule has 1 atom stereocenters. The predicted octanol–water partition coefficient (Wildman–Crippen LogP) is 3.74. The Hall–Kier alpha value is -0.730. The zero-order valence-electron chi connectivity index (χ0n) is 10.5. The number of amides is 1. The Morgan fingerprint density at radius 2 is 2.28 bits per heavy atom. The number of hydrogen-bond acceptors (Lipinski definition) is 1. The molecular formula is C14H17Cl2NO. The van der Waals surface area contributed by atoms with Crippen LogP contribution >= 0.6 is 23.2 Å². The molecule has 1 fully saturated rings. The van der Waals surface area contributed by atoms with Gasteiger partial charge in [0, 0.05) is 29.6 Å². The first kappa shape index (κ1) is 13.7. The first-order valence-electron chi connectivity index (χ1n) is 6.24. The van der Waals surface area contributed by atoms with E-state index in [0.29, 0.717) is 22.4 Å². The van der Waals surface area contributed by atoms with Crippen molar-refractivity contribution in [2.45, 2.75) is 19.8 Å². The molecule has 4 heteroatoms. The van der Waals surface area contributed by atoms with E-state index >= 15 is 0 Å². The van der Waals surface area contributed by atoms with Crippen molar-refractivity contribution < 1.29 is 4.79 Å². The van der Waals surface area contributed by atoms with Crippen LogP contribution in [0.1, 0.15) is 28.8 Å². The van der Waals surface area contributed by atoms with Gasteiger partial charge in [0.15, 0.2) is 0 Å². The van der Waals surface area contributed by atoms with E-state index in [1.54, 1.807) is 0 Å². The van der Waals surface area contributed by atoms with Crippen LogP contribution in [0, 0.1) is 12.8 Å². The molecule has 0 aliphatic carbocycles. The molecule has 0 saturated carbocycles. The van der Waals surface area contributed by atoms with Crippen LogP contribution in [0.2, 0.25) is 5.02 Å². The van der Waals surface area contributed by atoms with E-state index in [1.807, 2.05) is 30.0 Å². The van der Waals surface area contributed by atoms with Gasteiger partial charge >= 0.3 is 0 Å². The predicted molar refractivity (Wildman–Crippen MR) is 75.5 cm³/mol. The third kappa shape index (κ3) is 2.81. The van der Waals surface area contributed by atoms with Crippen molar-refractivity contribution in [2.75, 3.05) is 19.0 Å². The number of likely N-dealkylation sites (tertiary alicyclic amines) is 1. The fourth-order valence-corrected chi connectivity index (χ4v) is 2.81. The number of carbonyl (C=O) groups excluding carboxylic acids is 1. The number of alkyl halides is 1. The second-order valence-corrected chi connectivity index (χ2v) is 5.54. The summed E-state index contributed by atoms with van der Waals surface area (Å²) >= 11 is 12.0. The maximum absolute atomic E-state index is 12.5. The molecule has 1 aliphatic rings. The van der Waals surface area contributed by atoms with Crippen LogP contribution in [0.25, 0.3) is 0 Å². The minimum absolute atomic E-state index is 0.0739. The summed E-state index contributed by atoms with van der Waals surface area (Å²) in [5.74, 6) is 1.12. The topological polar surface area (TPSA) is 20.3 Å². The standard InChI is InChI=1S/C14H17Cl2NO/c1-10-12(5-2-6-13(10)16)14(18)17-7-3-4-11(8-15)9-17/h2,5-6,11H,3-4,7-9H2,1H3. The van der Waals surface area contributed by atoms with Crippen molar-refractivity contribution in [1.29, 1.82) is 0 Å².